The molecule has 2 rings (SSSR count). The second-order valence-electron chi connectivity index (χ2n) is 4.21. The van der Waals surface area contributed by atoms with Crippen molar-refractivity contribution >= 4 is 46.4 Å². The lowest BCUT2D eigenvalue weighted by atomic mass is 10.2. The van der Waals surface area contributed by atoms with Crippen LogP contribution in [0.2, 0.25) is 0 Å². The first kappa shape index (κ1) is 16.5. The largest absolute Gasteiger partial charge is 0.396 e. The van der Waals surface area contributed by atoms with Crippen molar-refractivity contribution in [1.29, 1.82) is 0 Å². The number of aromatic nitrogens is 2. The van der Waals surface area contributed by atoms with Crippen LogP contribution in [0.1, 0.15) is 5.56 Å². The van der Waals surface area contributed by atoms with Crippen molar-refractivity contribution in [3.8, 4) is 0 Å². The van der Waals surface area contributed by atoms with Gasteiger partial charge in [0.2, 0.25) is 0 Å². The summed E-state index contributed by atoms with van der Waals surface area (Å²) < 4.78 is 0. The van der Waals surface area contributed by atoms with Gasteiger partial charge >= 0.3 is 0 Å². The minimum Gasteiger partial charge on any atom is -0.396 e. The van der Waals surface area contributed by atoms with Crippen molar-refractivity contribution in [3.63, 3.8) is 0 Å². The third-order valence-corrected chi connectivity index (χ3v) is 3.38. The summed E-state index contributed by atoms with van der Waals surface area (Å²) in [4.78, 5) is 8.43. The molecule has 21 heavy (non-hydrogen) atoms. The highest BCUT2D eigenvalue weighted by molar-refractivity contribution is 7.98. The Balaban J connectivity index is 0.000000211. The third kappa shape index (κ3) is 4.21. The average molecular weight is 308 g/mol. The van der Waals surface area contributed by atoms with E-state index in [0.717, 1.165) is 10.5 Å². The van der Waals surface area contributed by atoms with Gasteiger partial charge in [0.05, 0.1) is 11.4 Å². The van der Waals surface area contributed by atoms with E-state index in [1.165, 1.54) is 11.8 Å². The normalized spacial score (nSPS) is 9.81. The quantitative estimate of drug-likeness (QED) is 0.412. The maximum Gasteiger partial charge on any atom is 0.150 e. The second-order valence-corrected chi connectivity index (χ2v) is 5.06. The molecule has 0 atom stereocenters. The van der Waals surface area contributed by atoms with Crippen LogP contribution in [0, 0.1) is 6.92 Å². The Morgan fingerprint density at radius 1 is 0.810 bits per heavy atom. The summed E-state index contributed by atoms with van der Waals surface area (Å²) in [7, 11) is 0. The van der Waals surface area contributed by atoms with Crippen LogP contribution in [-0.4, -0.2) is 16.2 Å². The number of thioether (sulfide) groups is 1. The first-order valence-electron chi connectivity index (χ1n) is 5.89. The number of pyridine rings is 2. The summed E-state index contributed by atoms with van der Waals surface area (Å²) in [5.41, 5.74) is 34.7. The van der Waals surface area contributed by atoms with Crippen LogP contribution in [-0.2, 0) is 0 Å². The van der Waals surface area contributed by atoms with E-state index in [-0.39, 0.29) is 0 Å². The van der Waals surface area contributed by atoms with Gasteiger partial charge in [-0.3, -0.25) is 0 Å². The third-order valence-electron chi connectivity index (χ3n) is 2.60. The Bertz CT molecular complexity index is 620. The van der Waals surface area contributed by atoms with Crippen molar-refractivity contribution in [2.45, 2.75) is 11.8 Å². The summed E-state index contributed by atoms with van der Waals surface area (Å²) in [5, 5.41) is 0. The standard InChI is InChI=1S/C6H10N4S.C6H10N4/c1-11-3-2-4(7)10-6(9)5(3)8;1-3-2-4(7)10-6(9)5(3)8/h2H,8H2,1H3,(H4,7,9,10);2H,8H2,1H3,(H4,7,9,10). The zero-order valence-electron chi connectivity index (χ0n) is 11.9. The van der Waals surface area contributed by atoms with E-state index in [4.69, 9.17) is 34.4 Å². The molecule has 0 saturated carbocycles. The van der Waals surface area contributed by atoms with Crippen molar-refractivity contribution in [2.24, 2.45) is 0 Å². The molecule has 0 aromatic carbocycles. The van der Waals surface area contributed by atoms with E-state index in [2.05, 4.69) is 9.97 Å². The number of anilines is 6. The maximum atomic E-state index is 5.60. The molecule has 0 unspecified atom stereocenters. The molecule has 0 saturated heterocycles. The van der Waals surface area contributed by atoms with Gasteiger partial charge in [0, 0.05) is 4.90 Å². The van der Waals surface area contributed by atoms with Crippen molar-refractivity contribution in [3.05, 3.63) is 17.7 Å². The second kappa shape index (κ2) is 6.75. The summed E-state index contributed by atoms with van der Waals surface area (Å²) in [5.74, 6) is 1.41. The van der Waals surface area contributed by atoms with Crippen LogP contribution < -0.4 is 34.4 Å². The molecule has 0 aliphatic heterocycles. The Morgan fingerprint density at radius 2 is 1.29 bits per heavy atom. The van der Waals surface area contributed by atoms with Crippen LogP contribution in [0.3, 0.4) is 0 Å². The molecule has 0 aliphatic carbocycles. The van der Waals surface area contributed by atoms with E-state index in [0.29, 0.717) is 34.6 Å². The number of nitrogen functional groups attached to an aromatic ring is 6. The van der Waals surface area contributed by atoms with Crippen LogP contribution in [0.5, 0.6) is 0 Å². The first-order valence-corrected chi connectivity index (χ1v) is 7.12. The molecular weight excluding hydrogens is 288 g/mol. The topological polar surface area (TPSA) is 182 Å². The van der Waals surface area contributed by atoms with Gasteiger partial charge in [-0.25, -0.2) is 9.97 Å². The van der Waals surface area contributed by atoms with Crippen LogP contribution in [0.25, 0.3) is 0 Å². The molecule has 9 heteroatoms. The van der Waals surface area contributed by atoms with Gasteiger partial charge in [0.15, 0.2) is 0 Å². The summed E-state index contributed by atoms with van der Waals surface area (Å²) in [6.45, 7) is 1.84. The Labute approximate surface area is 127 Å². The molecule has 0 aliphatic rings. The number of aryl methyl sites for hydroxylation is 1. The van der Waals surface area contributed by atoms with Gasteiger partial charge in [0.1, 0.15) is 23.3 Å². The van der Waals surface area contributed by atoms with Gasteiger partial charge in [-0.1, -0.05) is 0 Å². The average Bonchev–Trinajstić information content (AvgIpc) is 2.40. The lowest BCUT2D eigenvalue weighted by molar-refractivity contribution is 1.29. The molecular formula is C12H20N8S. The summed E-state index contributed by atoms with van der Waals surface area (Å²) in [6.07, 6.45) is 1.91. The summed E-state index contributed by atoms with van der Waals surface area (Å²) >= 11 is 1.50. The molecule has 8 nitrogen and oxygen atoms in total. The number of hydrogen-bond acceptors (Lipinski definition) is 9. The molecule has 2 aromatic rings. The highest BCUT2D eigenvalue weighted by Gasteiger charge is 2.03. The van der Waals surface area contributed by atoms with Gasteiger partial charge in [-0.05, 0) is 30.9 Å². The number of nitrogens with zero attached hydrogens (tertiary/aromatic N) is 2. The van der Waals surface area contributed by atoms with E-state index in [1.54, 1.807) is 12.1 Å². The molecule has 2 heterocycles. The fraction of sp³-hybridized carbons (Fsp3) is 0.167. The van der Waals surface area contributed by atoms with Crippen LogP contribution >= 0.6 is 11.8 Å². The molecule has 2 aromatic heterocycles. The molecule has 0 spiro atoms. The zero-order chi connectivity index (χ0) is 16.2. The van der Waals surface area contributed by atoms with E-state index >= 15 is 0 Å². The number of hydrogen-bond donors (Lipinski definition) is 6. The SMILES string of the molecule is CSc1cc(N)nc(N)c1N.Cc1cc(N)nc(N)c1N. The zero-order valence-corrected chi connectivity index (χ0v) is 12.7. The van der Waals surface area contributed by atoms with Gasteiger partial charge < -0.3 is 34.4 Å². The fourth-order valence-electron chi connectivity index (χ4n) is 1.47. The summed E-state index contributed by atoms with van der Waals surface area (Å²) in [6, 6.07) is 3.39. The predicted molar refractivity (Wildman–Crippen MR) is 91.5 cm³/mol. The molecule has 0 amide bonds. The minimum atomic E-state index is 0.300. The van der Waals surface area contributed by atoms with Gasteiger partial charge in [-0.15, -0.1) is 11.8 Å². The number of rotatable bonds is 1. The van der Waals surface area contributed by atoms with Gasteiger partial charge in [-0.2, -0.15) is 0 Å². The lowest BCUT2D eigenvalue weighted by Gasteiger charge is -2.05. The highest BCUT2D eigenvalue weighted by atomic mass is 32.2. The Hall–Kier alpha value is -2.55. The van der Waals surface area contributed by atoms with Crippen LogP contribution in [0.15, 0.2) is 17.0 Å². The molecule has 12 N–H and O–H groups in total. The van der Waals surface area contributed by atoms with Crippen molar-refractivity contribution in [2.75, 3.05) is 40.7 Å². The van der Waals surface area contributed by atoms with E-state index in [1.807, 2.05) is 13.2 Å². The number of nitrogens with two attached hydrogens (primary N) is 6. The van der Waals surface area contributed by atoms with Crippen molar-refractivity contribution in [1.82, 2.24) is 9.97 Å². The molecule has 0 bridgehead atoms. The molecule has 0 fully saturated rings. The first-order chi connectivity index (χ1) is 9.76. The highest BCUT2D eigenvalue weighted by Crippen LogP contribution is 2.27. The maximum absolute atomic E-state index is 5.60. The Kier molecular flexibility index (Phi) is 5.30. The fourth-order valence-corrected chi connectivity index (χ4v) is 2.04. The van der Waals surface area contributed by atoms with Crippen molar-refractivity contribution < 1.29 is 0 Å². The van der Waals surface area contributed by atoms with Gasteiger partial charge in [0.25, 0.3) is 0 Å². The molecule has 114 valence electrons. The lowest BCUT2D eigenvalue weighted by Crippen LogP contribution is -2.02. The minimum absolute atomic E-state index is 0.300. The predicted octanol–water partition coefficient (Wildman–Crippen LogP) is 0.687. The Morgan fingerprint density at radius 3 is 1.76 bits per heavy atom. The monoisotopic (exact) mass is 308 g/mol. The smallest absolute Gasteiger partial charge is 0.150 e. The van der Waals surface area contributed by atoms with Crippen LogP contribution in [0.4, 0.5) is 34.6 Å². The molecule has 0 radical (unpaired) electrons. The van der Waals surface area contributed by atoms with E-state index in [9.17, 15) is 0 Å². The van der Waals surface area contributed by atoms with E-state index < -0.39 is 0 Å².